The molecule has 224 valence electrons. The predicted molar refractivity (Wildman–Crippen MR) is 154 cm³/mol. The molecule has 2 aromatic heterocycles. The molecule has 6 rings (SSSR count). The molecule has 0 saturated carbocycles. The summed E-state index contributed by atoms with van der Waals surface area (Å²) in [5, 5.41) is 3.61. The van der Waals surface area contributed by atoms with Crippen LogP contribution in [0.2, 0.25) is 5.02 Å². The van der Waals surface area contributed by atoms with Crippen molar-refractivity contribution in [3.8, 4) is 17.3 Å². The topological polar surface area (TPSA) is 92.4 Å². The first kappa shape index (κ1) is 28.9. The van der Waals surface area contributed by atoms with E-state index in [2.05, 4.69) is 26.8 Å². The fourth-order valence-corrected chi connectivity index (χ4v) is 6.86. The van der Waals surface area contributed by atoms with Gasteiger partial charge in [0, 0.05) is 30.6 Å². The Kier molecular flexibility index (Phi) is 7.22. The summed E-state index contributed by atoms with van der Waals surface area (Å²) in [6.45, 7) is 7.59. The summed E-state index contributed by atoms with van der Waals surface area (Å²) in [6, 6.07) is 2.75. The van der Waals surface area contributed by atoms with Gasteiger partial charge in [0.15, 0.2) is 5.82 Å². The van der Waals surface area contributed by atoms with Gasteiger partial charge in [-0.15, -0.1) is 6.58 Å². The molecule has 0 aliphatic carbocycles. The van der Waals surface area contributed by atoms with E-state index in [4.69, 9.17) is 27.1 Å². The van der Waals surface area contributed by atoms with E-state index in [0.29, 0.717) is 25.5 Å². The zero-order chi connectivity index (χ0) is 30.0. The lowest BCUT2D eigenvalue weighted by atomic mass is 9.96. The molecule has 3 atom stereocenters. The second-order valence-corrected chi connectivity index (χ2v) is 12.0. The lowest BCUT2D eigenvalue weighted by molar-refractivity contribution is -0.137. The van der Waals surface area contributed by atoms with E-state index in [-0.39, 0.29) is 50.9 Å². The number of halogens is 5. The van der Waals surface area contributed by atoms with Crippen LogP contribution < -0.4 is 20.7 Å². The molecule has 0 spiro atoms. The molecular weight excluding hydrogens is 574 g/mol. The van der Waals surface area contributed by atoms with Crippen molar-refractivity contribution >= 4 is 34.1 Å². The lowest BCUT2D eigenvalue weighted by Crippen LogP contribution is -2.58. The number of fused-ring (bicyclic) bond motifs is 3. The number of hydrogen-bond donors (Lipinski definition) is 2. The number of hydrogen-bond acceptors (Lipinski definition) is 8. The van der Waals surface area contributed by atoms with Crippen molar-refractivity contribution in [1.82, 2.24) is 25.2 Å². The monoisotopic (exact) mass is 605 g/mol. The summed E-state index contributed by atoms with van der Waals surface area (Å²) in [4.78, 5) is 17.2. The van der Waals surface area contributed by atoms with Crippen LogP contribution >= 0.6 is 11.6 Å². The maximum Gasteiger partial charge on any atom is 0.418 e. The van der Waals surface area contributed by atoms with Gasteiger partial charge in [-0.1, -0.05) is 17.7 Å². The number of nitrogens with zero attached hydrogens (tertiary/aromatic N) is 5. The van der Waals surface area contributed by atoms with Crippen molar-refractivity contribution in [2.75, 3.05) is 43.9 Å². The highest BCUT2D eigenvalue weighted by molar-refractivity contribution is 6.34. The Morgan fingerprint density at radius 3 is 2.74 bits per heavy atom. The van der Waals surface area contributed by atoms with E-state index in [1.165, 1.54) is 13.0 Å². The molecule has 3 unspecified atom stereocenters. The average molecular weight is 606 g/mol. The summed E-state index contributed by atoms with van der Waals surface area (Å²) < 4.78 is 65.1. The van der Waals surface area contributed by atoms with Gasteiger partial charge in [-0.3, -0.25) is 0 Å². The number of alkyl halides is 3. The molecular formula is C29H32ClF4N7O. The van der Waals surface area contributed by atoms with Gasteiger partial charge in [-0.05, 0) is 63.9 Å². The first-order valence-corrected chi connectivity index (χ1v) is 14.3. The standard InChI is InChI=1S/C29H32ClF4N7O/c1-4-28-8-7-16(39-28)12-41(14-28)26-18-11-19(30)21(25-22(29(32,33)34)15(2)10-20(35)36-25)23(31)24(18)37-27(38-26)42-13-17-6-5-9-40(17)3/h4,10-11,16-17,39H,1,5-9,12-14H2,2-3H3,(H2,35,36). The Morgan fingerprint density at radius 2 is 2.05 bits per heavy atom. The Labute approximate surface area is 245 Å². The third-order valence-electron chi connectivity index (χ3n) is 8.71. The smallest absolute Gasteiger partial charge is 0.418 e. The summed E-state index contributed by atoms with van der Waals surface area (Å²) in [5.41, 5.74) is 2.75. The highest BCUT2D eigenvalue weighted by Gasteiger charge is 2.44. The molecule has 42 heavy (non-hydrogen) atoms. The van der Waals surface area contributed by atoms with Gasteiger partial charge in [0.05, 0.1) is 27.4 Å². The van der Waals surface area contributed by atoms with Crippen LogP contribution in [-0.4, -0.2) is 70.8 Å². The van der Waals surface area contributed by atoms with E-state index in [9.17, 15) is 13.2 Å². The molecule has 0 radical (unpaired) electrons. The first-order chi connectivity index (χ1) is 19.9. The number of benzene rings is 1. The molecule has 3 aliphatic heterocycles. The van der Waals surface area contributed by atoms with Crippen LogP contribution in [0.4, 0.5) is 29.2 Å². The summed E-state index contributed by atoms with van der Waals surface area (Å²) in [6.07, 6.45) is 0.842. The molecule has 5 heterocycles. The van der Waals surface area contributed by atoms with Gasteiger partial charge >= 0.3 is 12.2 Å². The number of likely N-dealkylation sites (N-methyl/N-ethyl adjacent to an activating group) is 1. The maximum absolute atomic E-state index is 16.6. The Bertz CT molecular complexity index is 1570. The van der Waals surface area contributed by atoms with Gasteiger partial charge in [-0.2, -0.15) is 23.1 Å². The molecule has 3 N–H and O–H groups in total. The van der Waals surface area contributed by atoms with Gasteiger partial charge in [0.25, 0.3) is 0 Å². The quantitative estimate of drug-likeness (QED) is 0.287. The van der Waals surface area contributed by atoms with Crippen molar-refractivity contribution < 1.29 is 22.3 Å². The zero-order valence-corrected chi connectivity index (χ0v) is 24.1. The fraction of sp³-hybridized carbons (Fsp3) is 0.483. The third kappa shape index (κ3) is 5.03. The second-order valence-electron chi connectivity index (χ2n) is 11.6. The minimum Gasteiger partial charge on any atom is -0.462 e. The third-order valence-corrected chi connectivity index (χ3v) is 9.01. The number of ether oxygens (including phenoxy) is 1. The number of aromatic nitrogens is 3. The van der Waals surface area contributed by atoms with E-state index >= 15 is 4.39 Å². The zero-order valence-electron chi connectivity index (χ0n) is 23.4. The summed E-state index contributed by atoms with van der Waals surface area (Å²) >= 11 is 6.58. The largest absolute Gasteiger partial charge is 0.462 e. The number of nitrogens with two attached hydrogens (primary N) is 1. The second kappa shape index (κ2) is 10.5. The van der Waals surface area contributed by atoms with Gasteiger partial charge in [0.2, 0.25) is 0 Å². The molecule has 3 saturated heterocycles. The van der Waals surface area contributed by atoms with Gasteiger partial charge < -0.3 is 25.6 Å². The van der Waals surface area contributed by atoms with Gasteiger partial charge in [-0.25, -0.2) is 9.37 Å². The average Bonchev–Trinajstić information content (AvgIpc) is 3.47. The van der Waals surface area contributed by atoms with Crippen molar-refractivity contribution in [3.05, 3.63) is 46.8 Å². The van der Waals surface area contributed by atoms with Crippen LogP contribution in [-0.2, 0) is 6.18 Å². The number of likely N-dealkylation sites (tertiary alicyclic amines) is 1. The van der Waals surface area contributed by atoms with E-state index < -0.39 is 28.8 Å². The van der Waals surface area contributed by atoms with E-state index in [1.807, 2.05) is 18.0 Å². The molecule has 1 aromatic carbocycles. The van der Waals surface area contributed by atoms with Crippen LogP contribution in [0.15, 0.2) is 24.8 Å². The molecule has 3 aromatic rings. The van der Waals surface area contributed by atoms with Crippen molar-refractivity contribution in [3.63, 3.8) is 0 Å². The minimum atomic E-state index is -4.83. The van der Waals surface area contributed by atoms with Crippen LogP contribution in [0, 0.1) is 12.7 Å². The molecule has 13 heteroatoms. The summed E-state index contributed by atoms with van der Waals surface area (Å²) in [5.74, 6) is -0.844. The minimum absolute atomic E-state index is 0.0590. The predicted octanol–water partition coefficient (Wildman–Crippen LogP) is 5.36. The highest BCUT2D eigenvalue weighted by atomic mass is 35.5. The number of nitrogen functional groups attached to an aromatic ring is 1. The number of piperazine rings is 1. The normalized spacial score (nSPS) is 24.5. The van der Waals surface area contributed by atoms with Crippen LogP contribution in [0.5, 0.6) is 6.01 Å². The lowest BCUT2D eigenvalue weighted by Gasteiger charge is -2.40. The van der Waals surface area contributed by atoms with Crippen LogP contribution in [0.1, 0.15) is 36.8 Å². The van der Waals surface area contributed by atoms with Crippen molar-refractivity contribution in [2.24, 2.45) is 0 Å². The fourth-order valence-electron chi connectivity index (χ4n) is 6.58. The number of rotatable bonds is 6. The van der Waals surface area contributed by atoms with Crippen LogP contribution in [0.25, 0.3) is 22.2 Å². The number of anilines is 2. The molecule has 2 bridgehead atoms. The van der Waals surface area contributed by atoms with Crippen molar-refractivity contribution in [2.45, 2.75) is 56.4 Å². The Morgan fingerprint density at radius 1 is 1.26 bits per heavy atom. The number of pyridine rings is 1. The molecule has 8 nitrogen and oxygen atoms in total. The van der Waals surface area contributed by atoms with E-state index in [0.717, 1.165) is 38.3 Å². The molecule has 0 amide bonds. The number of aryl methyl sites for hydroxylation is 1. The maximum atomic E-state index is 16.6. The molecule has 3 aliphatic rings. The first-order valence-electron chi connectivity index (χ1n) is 13.9. The van der Waals surface area contributed by atoms with Gasteiger partial charge in [0.1, 0.15) is 23.8 Å². The summed E-state index contributed by atoms with van der Waals surface area (Å²) in [7, 11) is 2.01. The Hall–Kier alpha value is -3.22. The Balaban J connectivity index is 1.53. The number of nitrogens with one attached hydrogen (secondary N) is 1. The highest BCUT2D eigenvalue weighted by Crippen LogP contribution is 2.45. The SMILES string of the molecule is C=CC12CCC(CN(c3nc(OCC4CCCN4C)nc4c(F)c(-c5nc(N)cc(C)c5C(F)(F)F)c(Cl)cc34)C1)N2. The molecule has 3 fully saturated rings. The van der Waals surface area contributed by atoms with Crippen molar-refractivity contribution in [1.29, 1.82) is 0 Å². The van der Waals surface area contributed by atoms with Crippen LogP contribution in [0.3, 0.4) is 0 Å². The van der Waals surface area contributed by atoms with E-state index in [1.54, 1.807) is 0 Å².